The van der Waals surface area contributed by atoms with Gasteiger partial charge in [0.25, 0.3) is 0 Å². The first kappa shape index (κ1) is 44.6. The van der Waals surface area contributed by atoms with Crippen molar-refractivity contribution in [3.05, 3.63) is 118 Å². The Hall–Kier alpha value is -1.53. The number of thiophene rings is 6. The maximum absolute atomic E-state index is 12.0. The third-order valence-electron chi connectivity index (χ3n) is 5.16. The van der Waals surface area contributed by atoms with Crippen LogP contribution in [0.15, 0.2) is 113 Å². The molecule has 0 fully saturated rings. The molecular weight excluding hydrogens is 942 g/mol. The summed E-state index contributed by atoms with van der Waals surface area (Å²) in [6.45, 7) is 13.0. The summed E-state index contributed by atoms with van der Waals surface area (Å²) in [5.74, 6) is 0. The zero-order valence-corrected chi connectivity index (χ0v) is 37.2. The van der Waals surface area contributed by atoms with Crippen molar-refractivity contribution in [2.75, 3.05) is 0 Å². The summed E-state index contributed by atoms with van der Waals surface area (Å²) in [7, 11) is -3.30. The number of carbonyl (C=O) groups is 1. The van der Waals surface area contributed by atoms with Crippen LogP contribution in [0.1, 0.15) is 30.5 Å². The standard InChI is InChI=1S/C14H17NO2S3.C9H9NO2S3.C5H2BrNS.C4H3BrS.ClH/c1-14(2,3)17-13(16)15-9-10-6-7-12(19-10)20-11-5-4-8-18-11;10-6-7-3-4-9(14-7)15(11,12)8-2-1-5-13-8;1-7-5-3-2-4(6)8-5;5-4-2-1-3-6-4;/h4-8H,9H2,1-3H3,(H,15,16);1-5H,6,10H2;2-3H;1-3H;1H. The number of nitrogens with one attached hydrogen (secondary N) is 1. The maximum atomic E-state index is 12.0. The number of ether oxygens (including phenoxy) is 1. The number of alkyl carbamates (subject to hydrolysis) is 1. The minimum Gasteiger partial charge on any atom is -0.444 e. The summed E-state index contributed by atoms with van der Waals surface area (Å²) in [5.41, 5.74) is 4.98. The number of halogens is 3. The lowest BCUT2D eigenvalue weighted by molar-refractivity contribution is 0.0524. The Morgan fingerprint density at radius 3 is 2.00 bits per heavy atom. The van der Waals surface area contributed by atoms with Gasteiger partial charge >= 0.3 is 6.09 Å². The zero-order chi connectivity index (χ0) is 35.9. The average Bonchev–Trinajstić information content (AvgIpc) is 3.89. The number of rotatable bonds is 7. The first-order valence-electron chi connectivity index (χ1n) is 13.9. The third-order valence-corrected chi connectivity index (χ3v) is 16.2. The SMILES string of the molecule is Brc1cccs1.CC(C)(C)OC(=O)NCc1ccc(Sc2cccs2)s1.Cl.NCc1ccc(S(=O)(=O)c2cccs2)s1.[C-]#[N+]c1ccc(Br)s1. The minimum absolute atomic E-state index is 0. The fraction of sp³-hybridized carbons (Fsp3) is 0.188. The Balaban J connectivity index is 0.000000252. The van der Waals surface area contributed by atoms with Crippen molar-refractivity contribution < 1.29 is 17.9 Å². The van der Waals surface area contributed by atoms with Gasteiger partial charge in [-0.05, 0) is 123 Å². The summed E-state index contributed by atoms with van der Waals surface area (Å²) in [6.07, 6.45) is -0.377. The number of nitrogens with two attached hydrogens (primary N) is 1. The van der Waals surface area contributed by atoms with Gasteiger partial charge in [-0.25, -0.2) is 18.1 Å². The average molecular weight is 974 g/mol. The Morgan fingerprint density at radius 1 is 0.840 bits per heavy atom. The van der Waals surface area contributed by atoms with Crippen molar-refractivity contribution in [2.24, 2.45) is 5.73 Å². The van der Waals surface area contributed by atoms with Crippen LogP contribution in [0.25, 0.3) is 4.85 Å². The second-order valence-electron chi connectivity index (χ2n) is 10.1. The highest BCUT2D eigenvalue weighted by molar-refractivity contribution is 9.11. The van der Waals surface area contributed by atoms with E-state index in [0.717, 1.165) is 18.5 Å². The molecule has 3 N–H and O–H groups in total. The second-order valence-corrected chi connectivity index (χ2v) is 23.1. The summed E-state index contributed by atoms with van der Waals surface area (Å²) in [5, 5.41) is 9.36. The van der Waals surface area contributed by atoms with E-state index >= 15 is 0 Å². The largest absolute Gasteiger partial charge is 0.444 e. The monoisotopic (exact) mass is 971 g/mol. The van der Waals surface area contributed by atoms with Gasteiger partial charge in [-0.3, -0.25) is 0 Å². The molecular formula is C32H32Br2ClN3O4S8. The second kappa shape index (κ2) is 22.5. The van der Waals surface area contributed by atoms with E-state index in [0.29, 0.717) is 21.5 Å². The van der Waals surface area contributed by atoms with E-state index in [1.807, 2.05) is 56.5 Å². The van der Waals surface area contributed by atoms with Gasteiger partial charge in [0.2, 0.25) is 14.8 Å². The number of nitrogens with zero attached hydrogens (tertiary/aromatic N) is 1. The molecule has 7 nitrogen and oxygen atoms in total. The quantitative estimate of drug-likeness (QED) is 0.155. The van der Waals surface area contributed by atoms with Crippen LogP contribution in [-0.2, 0) is 27.7 Å². The fourth-order valence-electron chi connectivity index (χ4n) is 3.15. The molecule has 0 aliphatic rings. The van der Waals surface area contributed by atoms with Crippen molar-refractivity contribution in [1.82, 2.24) is 5.32 Å². The number of carbonyl (C=O) groups excluding carboxylic acids is 1. The molecule has 268 valence electrons. The highest BCUT2D eigenvalue weighted by Gasteiger charge is 2.20. The van der Waals surface area contributed by atoms with Crippen LogP contribution < -0.4 is 11.1 Å². The number of amides is 1. The lowest BCUT2D eigenvalue weighted by Gasteiger charge is -2.19. The normalized spacial score (nSPS) is 10.5. The van der Waals surface area contributed by atoms with Gasteiger partial charge < -0.3 is 15.8 Å². The molecule has 6 rings (SSSR count). The van der Waals surface area contributed by atoms with Crippen molar-refractivity contribution in [3.63, 3.8) is 0 Å². The highest BCUT2D eigenvalue weighted by atomic mass is 79.9. The molecule has 0 aromatic carbocycles. The first-order valence-corrected chi connectivity index (χ1v) is 22.9. The topological polar surface area (TPSA) is 103 Å². The van der Waals surface area contributed by atoms with E-state index in [-0.39, 0.29) is 18.5 Å². The number of sulfone groups is 1. The van der Waals surface area contributed by atoms with Crippen LogP contribution in [0.4, 0.5) is 9.80 Å². The van der Waals surface area contributed by atoms with Crippen molar-refractivity contribution in [1.29, 1.82) is 0 Å². The predicted octanol–water partition coefficient (Wildman–Crippen LogP) is 13.1. The molecule has 0 saturated heterocycles. The molecule has 0 bridgehead atoms. The Kier molecular flexibility index (Phi) is 20.1. The molecule has 0 unspecified atom stereocenters. The lowest BCUT2D eigenvalue weighted by atomic mass is 10.2. The van der Waals surface area contributed by atoms with Crippen LogP contribution in [0.2, 0.25) is 0 Å². The molecule has 50 heavy (non-hydrogen) atoms. The number of hydrogen-bond acceptors (Lipinski definition) is 12. The Bertz CT molecular complexity index is 1980. The smallest absolute Gasteiger partial charge is 0.407 e. The van der Waals surface area contributed by atoms with E-state index in [1.54, 1.807) is 81.5 Å². The predicted molar refractivity (Wildman–Crippen MR) is 225 cm³/mol. The minimum atomic E-state index is -3.30. The summed E-state index contributed by atoms with van der Waals surface area (Å²) in [6, 6.07) is 22.7. The van der Waals surface area contributed by atoms with Crippen molar-refractivity contribution in [2.45, 2.75) is 56.3 Å². The lowest BCUT2D eigenvalue weighted by Crippen LogP contribution is -2.31. The molecule has 6 heterocycles. The van der Waals surface area contributed by atoms with E-state index in [9.17, 15) is 13.2 Å². The molecule has 6 aromatic heterocycles. The Labute approximate surface area is 344 Å². The summed E-state index contributed by atoms with van der Waals surface area (Å²) < 4.78 is 34.7. The first-order chi connectivity index (χ1) is 23.3. The Morgan fingerprint density at radius 2 is 1.52 bits per heavy atom. The van der Waals surface area contributed by atoms with E-state index < -0.39 is 15.4 Å². The maximum Gasteiger partial charge on any atom is 0.407 e. The van der Waals surface area contributed by atoms with E-state index in [2.05, 4.69) is 59.5 Å². The molecule has 1 amide bonds. The fourth-order valence-corrected chi connectivity index (χ4v) is 12.3. The molecule has 0 atom stereocenters. The molecule has 0 saturated carbocycles. The van der Waals surface area contributed by atoms with Crippen molar-refractivity contribution >= 4 is 145 Å². The van der Waals surface area contributed by atoms with Gasteiger partial charge in [0.1, 0.15) is 14.0 Å². The van der Waals surface area contributed by atoms with Crippen LogP contribution in [0.3, 0.4) is 0 Å². The van der Waals surface area contributed by atoms with Crippen LogP contribution >= 0.6 is 124 Å². The third kappa shape index (κ3) is 16.4. The van der Waals surface area contributed by atoms with Crippen LogP contribution in [0.5, 0.6) is 0 Å². The molecule has 0 spiro atoms. The molecule has 18 heteroatoms. The molecule has 0 radical (unpaired) electrons. The van der Waals surface area contributed by atoms with Crippen molar-refractivity contribution in [3.8, 4) is 0 Å². The van der Waals surface area contributed by atoms with Gasteiger partial charge in [0.15, 0.2) is 0 Å². The number of hydrogen-bond donors (Lipinski definition) is 2. The van der Waals surface area contributed by atoms with Gasteiger partial charge in [-0.1, -0.05) is 30.0 Å². The zero-order valence-electron chi connectivity index (χ0n) is 26.7. The van der Waals surface area contributed by atoms with Gasteiger partial charge in [0.05, 0.1) is 29.1 Å². The summed E-state index contributed by atoms with van der Waals surface area (Å²) in [4.78, 5) is 16.8. The molecule has 0 aliphatic heterocycles. The van der Waals surface area contributed by atoms with Crippen LogP contribution in [-0.4, -0.2) is 20.1 Å². The van der Waals surface area contributed by atoms with Crippen LogP contribution in [0, 0.1) is 6.57 Å². The molecule has 6 aromatic rings. The van der Waals surface area contributed by atoms with E-state index in [1.165, 1.54) is 46.2 Å². The van der Waals surface area contributed by atoms with Gasteiger partial charge in [-0.15, -0.1) is 80.4 Å². The van der Waals surface area contributed by atoms with Gasteiger partial charge in [0, 0.05) is 16.3 Å². The van der Waals surface area contributed by atoms with E-state index in [4.69, 9.17) is 17.0 Å². The summed E-state index contributed by atoms with van der Waals surface area (Å²) >= 11 is 17.3. The molecule has 0 aliphatic carbocycles. The highest BCUT2D eigenvalue weighted by Crippen LogP contribution is 2.36. The van der Waals surface area contributed by atoms with Gasteiger partial charge in [-0.2, -0.15) is 0 Å².